The molecular weight excluding hydrogens is 370 g/mol. The Hall–Kier alpha value is -1.18. The van der Waals surface area contributed by atoms with Gasteiger partial charge in [0.25, 0.3) is 0 Å². The summed E-state index contributed by atoms with van der Waals surface area (Å²) in [7, 11) is 0. The molecule has 0 spiro atoms. The number of nitrogens with two attached hydrogens (primary N) is 1. The minimum atomic E-state index is -3.78. The summed E-state index contributed by atoms with van der Waals surface area (Å²) >= 11 is 3.27. The van der Waals surface area contributed by atoms with Gasteiger partial charge >= 0.3 is 11.9 Å². The second-order valence-electron chi connectivity index (χ2n) is 4.26. The number of esters is 1. The molecule has 0 aliphatic carbocycles. The van der Waals surface area contributed by atoms with Gasteiger partial charge in [0, 0.05) is 27.1 Å². The maximum atomic E-state index is 14.0. The van der Waals surface area contributed by atoms with Crippen molar-refractivity contribution in [3.63, 3.8) is 0 Å². The zero-order valence-electron chi connectivity index (χ0n) is 11.0. The largest absolute Gasteiger partial charge is 0.462 e. The van der Waals surface area contributed by atoms with Gasteiger partial charge in [-0.1, -0.05) is 15.9 Å². The van der Waals surface area contributed by atoms with Crippen molar-refractivity contribution in [1.82, 2.24) is 4.98 Å². The summed E-state index contributed by atoms with van der Waals surface area (Å²) in [6.07, 6.45) is 1.38. The minimum absolute atomic E-state index is 0. The summed E-state index contributed by atoms with van der Waals surface area (Å²) in [5.41, 5.74) is 6.41. The van der Waals surface area contributed by atoms with E-state index >= 15 is 0 Å². The molecule has 1 atom stereocenters. The van der Waals surface area contributed by atoms with E-state index in [4.69, 9.17) is 5.73 Å². The number of H-pyrrole nitrogens is 1. The lowest BCUT2D eigenvalue weighted by Crippen LogP contribution is -2.41. The molecule has 2 aromatic rings. The first-order valence-electron chi connectivity index (χ1n) is 5.95. The lowest BCUT2D eigenvalue weighted by molar-refractivity contribution is -0.174. The highest BCUT2D eigenvalue weighted by Gasteiger charge is 2.48. The average Bonchev–Trinajstić information content (AvgIpc) is 2.80. The molecule has 0 aliphatic rings. The highest BCUT2D eigenvalue weighted by molar-refractivity contribution is 9.10. The maximum Gasteiger partial charge on any atom is 0.379 e. The third-order valence-corrected chi connectivity index (χ3v) is 3.44. The number of benzene rings is 1. The number of rotatable bonds is 4. The van der Waals surface area contributed by atoms with Crippen molar-refractivity contribution < 1.29 is 18.3 Å². The normalized spacial score (nSPS) is 12.8. The Labute approximate surface area is 134 Å². The Morgan fingerprint density at radius 3 is 2.81 bits per heavy atom. The molecule has 0 amide bonds. The zero-order chi connectivity index (χ0) is 14.9. The molecule has 116 valence electrons. The molecule has 1 aromatic heterocycles. The lowest BCUT2D eigenvalue weighted by Gasteiger charge is -2.21. The van der Waals surface area contributed by atoms with Crippen LogP contribution in [0, 0.1) is 0 Å². The van der Waals surface area contributed by atoms with E-state index in [1.807, 2.05) is 0 Å². The highest BCUT2D eigenvalue weighted by Crippen LogP contribution is 2.35. The number of hydrogen-bond donors (Lipinski definition) is 2. The summed E-state index contributed by atoms with van der Waals surface area (Å²) < 4.78 is 33.0. The van der Waals surface area contributed by atoms with E-state index in [9.17, 15) is 13.6 Å². The van der Waals surface area contributed by atoms with Crippen molar-refractivity contribution in [2.24, 2.45) is 5.73 Å². The second kappa shape index (κ2) is 6.72. The number of hydrogen-bond acceptors (Lipinski definition) is 3. The van der Waals surface area contributed by atoms with Gasteiger partial charge in [-0.3, -0.25) is 0 Å². The van der Waals surface area contributed by atoms with Gasteiger partial charge in [-0.05, 0) is 25.1 Å². The fourth-order valence-electron chi connectivity index (χ4n) is 1.92. The van der Waals surface area contributed by atoms with E-state index in [1.165, 1.54) is 13.1 Å². The van der Waals surface area contributed by atoms with E-state index < -0.39 is 17.9 Å². The predicted octanol–water partition coefficient (Wildman–Crippen LogP) is 3.55. The van der Waals surface area contributed by atoms with Crippen molar-refractivity contribution in [3.05, 3.63) is 34.4 Å². The monoisotopic (exact) mass is 382 g/mol. The van der Waals surface area contributed by atoms with Crippen LogP contribution in [0.15, 0.2) is 28.9 Å². The van der Waals surface area contributed by atoms with Crippen LogP contribution in [0.4, 0.5) is 8.78 Å². The molecule has 0 aliphatic heterocycles. The van der Waals surface area contributed by atoms with Crippen LogP contribution in [0.1, 0.15) is 18.5 Å². The lowest BCUT2D eigenvalue weighted by atomic mass is 10.0. The second-order valence-corrected chi connectivity index (χ2v) is 5.17. The molecule has 8 heteroatoms. The molecule has 3 N–H and O–H groups in total. The van der Waals surface area contributed by atoms with Crippen molar-refractivity contribution in [2.45, 2.75) is 18.9 Å². The zero-order valence-corrected chi connectivity index (χ0v) is 13.4. The third kappa shape index (κ3) is 3.36. The first-order chi connectivity index (χ1) is 9.37. The molecule has 0 unspecified atom stereocenters. The van der Waals surface area contributed by atoms with Crippen molar-refractivity contribution in [3.8, 4) is 0 Å². The summed E-state index contributed by atoms with van der Waals surface area (Å²) in [6, 6.07) is 3.41. The maximum absolute atomic E-state index is 14.0. The van der Waals surface area contributed by atoms with Gasteiger partial charge in [0.05, 0.1) is 6.61 Å². The van der Waals surface area contributed by atoms with Crippen LogP contribution >= 0.6 is 28.3 Å². The topological polar surface area (TPSA) is 68.1 Å². The van der Waals surface area contributed by atoms with E-state index in [2.05, 4.69) is 25.7 Å². The van der Waals surface area contributed by atoms with E-state index in [1.54, 1.807) is 18.2 Å². The molecule has 0 fully saturated rings. The smallest absolute Gasteiger partial charge is 0.379 e. The Kier molecular flexibility index (Phi) is 5.72. The van der Waals surface area contributed by atoms with Gasteiger partial charge < -0.3 is 15.5 Å². The minimum Gasteiger partial charge on any atom is -0.462 e. The quantitative estimate of drug-likeness (QED) is 0.793. The number of aromatic amines is 1. The van der Waals surface area contributed by atoms with Crippen LogP contribution in [0.5, 0.6) is 0 Å². The van der Waals surface area contributed by atoms with Gasteiger partial charge in [-0.15, -0.1) is 12.4 Å². The number of aromatic nitrogens is 1. The molecule has 1 aromatic carbocycles. The summed E-state index contributed by atoms with van der Waals surface area (Å²) in [5.74, 6) is -5.40. The molecule has 0 saturated heterocycles. The standard InChI is InChI=1S/C13H13BrF2N2O2.ClH/c1-2-20-12(19)13(15,16)11(17)9-6-18-10-4-3-7(14)5-8(9)10;/h3-6,11,18H,2,17H2,1H3;1H/t11-;/m0./s1. The Morgan fingerprint density at radius 1 is 1.52 bits per heavy atom. The van der Waals surface area contributed by atoms with Crippen molar-refractivity contribution in [1.29, 1.82) is 0 Å². The SMILES string of the molecule is CCOC(=O)C(F)(F)[C@@H](N)c1c[nH]c2ccc(Br)cc12.Cl. The van der Waals surface area contributed by atoms with Crippen molar-refractivity contribution in [2.75, 3.05) is 6.61 Å². The van der Waals surface area contributed by atoms with Gasteiger partial charge in [0.15, 0.2) is 0 Å². The Bertz CT molecular complexity index is 648. The number of carbonyl (C=O) groups is 1. The molecule has 2 rings (SSSR count). The molecule has 0 saturated carbocycles. The Balaban J connectivity index is 0.00000220. The fourth-order valence-corrected chi connectivity index (χ4v) is 2.28. The fraction of sp³-hybridized carbons (Fsp3) is 0.308. The van der Waals surface area contributed by atoms with Crippen LogP contribution in [0.25, 0.3) is 10.9 Å². The van der Waals surface area contributed by atoms with Gasteiger partial charge in [-0.25, -0.2) is 4.79 Å². The van der Waals surface area contributed by atoms with Gasteiger partial charge in [0.2, 0.25) is 0 Å². The van der Waals surface area contributed by atoms with E-state index in [0.29, 0.717) is 10.9 Å². The van der Waals surface area contributed by atoms with Gasteiger partial charge in [-0.2, -0.15) is 8.78 Å². The number of carbonyl (C=O) groups excluding carboxylic acids is 1. The average molecular weight is 384 g/mol. The Morgan fingerprint density at radius 2 is 2.19 bits per heavy atom. The number of fused-ring (bicyclic) bond motifs is 1. The van der Waals surface area contributed by atoms with Crippen LogP contribution < -0.4 is 5.73 Å². The molecule has 0 radical (unpaired) electrons. The number of alkyl halides is 2. The molecule has 4 nitrogen and oxygen atoms in total. The summed E-state index contributed by atoms with van der Waals surface area (Å²) in [6.45, 7) is 1.34. The van der Waals surface area contributed by atoms with Crippen molar-refractivity contribution >= 4 is 45.2 Å². The number of ether oxygens (including phenoxy) is 1. The third-order valence-electron chi connectivity index (χ3n) is 2.95. The molecule has 1 heterocycles. The highest BCUT2D eigenvalue weighted by atomic mass is 79.9. The summed E-state index contributed by atoms with van der Waals surface area (Å²) in [4.78, 5) is 14.2. The van der Waals surface area contributed by atoms with Crippen LogP contribution in [-0.4, -0.2) is 23.5 Å². The number of nitrogens with one attached hydrogen (secondary N) is 1. The van der Waals surface area contributed by atoms with Crippen LogP contribution in [-0.2, 0) is 9.53 Å². The molecule has 0 bridgehead atoms. The molecule has 21 heavy (non-hydrogen) atoms. The van der Waals surface area contributed by atoms with Crippen LogP contribution in [0.3, 0.4) is 0 Å². The number of halogens is 4. The van der Waals surface area contributed by atoms with E-state index in [0.717, 1.165) is 4.47 Å². The predicted molar refractivity (Wildman–Crippen MR) is 81.8 cm³/mol. The molecular formula is C13H14BrClF2N2O2. The van der Waals surface area contributed by atoms with Gasteiger partial charge in [0.1, 0.15) is 6.04 Å². The van der Waals surface area contributed by atoms with Crippen LogP contribution in [0.2, 0.25) is 0 Å². The summed E-state index contributed by atoms with van der Waals surface area (Å²) in [5, 5.41) is 0.538. The first-order valence-corrected chi connectivity index (χ1v) is 6.74. The first kappa shape index (κ1) is 17.9. The van der Waals surface area contributed by atoms with E-state index in [-0.39, 0.29) is 24.6 Å².